The maximum atomic E-state index is 11.9. The van der Waals surface area contributed by atoms with Gasteiger partial charge >= 0.3 is 0 Å². The van der Waals surface area contributed by atoms with Crippen molar-refractivity contribution in [1.82, 2.24) is 9.97 Å². The number of aromatic hydroxyl groups is 2. The summed E-state index contributed by atoms with van der Waals surface area (Å²) in [5.41, 5.74) is 0.601. The first kappa shape index (κ1) is 13.1. The van der Waals surface area contributed by atoms with Crippen LogP contribution in [-0.4, -0.2) is 26.1 Å². The molecule has 1 heterocycles. The van der Waals surface area contributed by atoms with Crippen LogP contribution in [0.5, 0.6) is 11.5 Å². The number of hydrogen-bond donors (Lipinski definition) is 3. The summed E-state index contributed by atoms with van der Waals surface area (Å²) >= 11 is 5.75. The largest absolute Gasteiger partial charge is 0.508 e. The Morgan fingerprint density at radius 3 is 2.63 bits per heavy atom. The number of amides is 1. The van der Waals surface area contributed by atoms with Crippen molar-refractivity contribution in [3.63, 3.8) is 0 Å². The van der Waals surface area contributed by atoms with Gasteiger partial charge in [-0.2, -0.15) is 0 Å². The van der Waals surface area contributed by atoms with Crippen molar-refractivity contribution < 1.29 is 15.0 Å². The van der Waals surface area contributed by atoms with Crippen LogP contribution in [0.2, 0.25) is 5.15 Å². The van der Waals surface area contributed by atoms with E-state index in [2.05, 4.69) is 15.3 Å². The van der Waals surface area contributed by atoms with Gasteiger partial charge in [-0.25, -0.2) is 9.97 Å². The van der Waals surface area contributed by atoms with Crippen molar-refractivity contribution in [3.8, 4) is 11.5 Å². The second-order valence-electron chi connectivity index (χ2n) is 3.81. The number of phenols is 2. The maximum Gasteiger partial charge on any atom is 0.261 e. The highest BCUT2D eigenvalue weighted by molar-refractivity contribution is 6.29. The van der Waals surface area contributed by atoms with E-state index >= 15 is 0 Å². The van der Waals surface area contributed by atoms with Crippen LogP contribution in [0.1, 0.15) is 16.1 Å². The number of nitrogens with one attached hydrogen (secondary N) is 1. The van der Waals surface area contributed by atoms with Gasteiger partial charge in [-0.05, 0) is 25.1 Å². The first-order chi connectivity index (χ1) is 8.95. The van der Waals surface area contributed by atoms with Crippen LogP contribution in [0.4, 0.5) is 5.95 Å². The molecule has 7 heteroatoms. The molecule has 1 aromatic heterocycles. The Morgan fingerprint density at radius 1 is 1.26 bits per heavy atom. The number of aryl methyl sites for hydroxylation is 1. The van der Waals surface area contributed by atoms with Gasteiger partial charge in [0.2, 0.25) is 5.95 Å². The fraction of sp³-hybridized carbons (Fsp3) is 0.0833. The van der Waals surface area contributed by atoms with E-state index in [0.29, 0.717) is 5.69 Å². The molecule has 0 saturated carbocycles. The first-order valence-electron chi connectivity index (χ1n) is 5.30. The summed E-state index contributed by atoms with van der Waals surface area (Å²) in [4.78, 5) is 19.7. The molecule has 98 valence electrons. The Kier molecular flexibility index (Phi) is 3.52. The topological polar surface area (TPSA) is 95.3 Å². The Morgan fingerprint density at radius 2 is 2.00 bits per heavy atom. The van der Waals surface area contributed by atoms with Crippen molar-refractivity contribution in [3.05, 3.63) is 40.7 Å². The molecular weight excluding hydrogens is 270 g/mol. The zero-order valence-electron chi connectivity index (χ0n) is 9.88. The van der Waals surface area contributed by atoms with Gasteiger partial charge in [0, 0.05) is 11.8 Å². The summed E-state index contributed by atoms with van der Waals surface area (Å²) in [5, 5.41) is 21.3. The highest BCUT2D eigenvalue weighted by Crippen LogP contribution is 2.23. The summed E-state index contributed by atoms with van der Waals surface area (Å²) in [5.74, 6) is -1.03. The third-order valence-electron chi connectivity index (χ3n) is 2.27. The number of halogens is 1. The zero-order chi connectivity index (χ0) is 14.0. The Labute approximate surface area is 113 Å². The van der Waals surface area contributed by atoms with Gasteiger partial charge < -0.3 is 10.2 Å². The van der Waals surface area contributed by atoms with Crippen LogP contribution in [0.15, 0.2) is 24.3 Å². The molecule has 2 aromatic rings. The van der Waals surface area contributed by atoms with Gasteiger partial charge in [-0.1, -0.05) is 11.6 Å². The minimum atomic E-state index is -0.598. The molecule has 0 atom stereocenters. The third kappa shape index (κ3) is 3.11. The Balaban J connectivity index is 2.25. The summed E-state index contributed by atoms with van der Waals surface area (Å²) in [7, 11) is 0. The second-order valence-corrected chi connectivity index (χ2v) is 4.20. The van der Waals surface area contributed by atoms with Crippen LogP contribution < -0.4 is 5.32 Å². The molecule has 6 nitrogen and oxygen atoms in total. The number of carbonyl (C=O) groups excluding carboxylic acids is 1. The van der Waals surface area contributed by atoms with Gasteiger partial charge in [0.1, 0.15) is 16.7 Å². The van der Waals surface area contributed by atoms with Crippen LogP contribution in [0, 0.1) is 6.92 Å². The SMILES string of the molecule is Cc1cc(Cl)nc(NC(=O)c2ccc(O)cc2O)n1. The lowest BCUT2D eigenvalue weighted by atomic mass is 10.2. The second kappa shape index (κ2) is 5.11. The van der Waals surface area contributed by atoms with Crippen LogP contribution in [0.3, 0.4) is 0 Å². The van der Waals surface area contributed by atoms with Crippen molar-refractivity contribution in [2.75, 3.05) is 5.32 Å². The van der Waals surface area contributed by atoms with Gasteiger partial charge in [0.05, 0.1) is 5.56 Å². The summed E-state index contributed by atoms with van der Waals surface area (Å²) < 4.78 is 0. The van der Waals surface area contributed by atoms with Crippen molar-refractivity contribution in [2.24, 2.45) is 0 Å². The molecule has 0 saturated heterocycles. The zero-order valence-corrected chi connectivity index (χ0v) is 10.6. The average Bonchev–Trinajstić information content (AvgIpc) is 2.26. The Hall–Kier alpha value is -2.34. The number of rotatable bonds is 2. The van der Waals surface area contributed by atoms with E-state index in [9.17, 15) is 9.90 Å². The van der Waals surface area contributed by atoms with Crippen molar-refractivity contribution >= 4 is 23.5 Å². The lowest BCUT2D eigenvalue weighted by Crippen LogP contribution is -2.14. The molecule has 0 aliphatic rings. The number of phenolic OH excluding ortho intramolecular Hbond substituents is 2. The minimum absolute atomic E-state index is 0.000899. The molecule has 2 rings (SSSR count). The molecule has 3 N–H and O–H groups in total. The molecule has 0 unspecified atom stereocenters. The fourth-order valence-corrected chi connectivity index (χ4v) is 1.70. The molecule has 0 bridgehead atoms. The summed E-state index contributed by atoms with van der Waals surface area (Å²) in [6.45, 7) is 1.71. The number of anilines is 1. The van der Waals surface area contributed by atoms with Gasteiger partial charge in [0.25, 0.3) is 5.91 Å². The lowest BCUT2D eigenvalue weighted by molar-refractivity contribution is 0.102. The van der Waals surface area contributed by atoms with E-state index in [1.54, 1.807) is 13.0 Å². The molecule has 19 heavy (non-hydrogen) atoms. The highest BCUT2D eigenvalue weighted by Gasteiger charge is 2.13. The number of benzene rings is 1. The van der Waals surface area contributed by atoms with E-state index in [0.717, 1.165) is 6.07 Å². The molecule has 0 radical (unpaired) electrons. The first-order valence-corrected chi connectivity index (χ1v) is 5.68. The lowest BCUT2D eigenvalue weighted by Gasteiger charge is -2.06. The number of carbonyl (C=O) groups is 1. The standard InChI is InChI=1S/C12H10ClN3O3/c1-6-4-10(13)15-12(14-6)16-11(19)8-3-2-7(17)5-9(8)18/h2-5,17-18H,1H3,(H,14,15,16,19). The smallest absolute Gasteiger partial charge is 0.261 e. The number of nitrogens with zero attached hydrogens (tertiary/aromatic N) is 2. The van der Waals surface area contributed by atoms with Crippen molar-refractivity contribution in [2.45, 2.75) is 6.92 Å². The van der Waals surface area contributed by atoms with Gasteiger partial charge in [-0.3, -0.25) is 10.1 Å². The normalized spacial score (nSPS) is 10.2. The van der Waals surface area contributed by atoms with E-state index in [1.165, 1.54) is 12.1 Å². The minimum Gasteiger partial charge on any atom is -0.508 e. The van der Waals surface area contributed by atoms with E-state index in [4.69, 9.17) is 16.7 Å². The van der Waals surface area contributed by atoms with Crippen LogP contribution in [0.25, 0.3) is 0 Å². The molecule has 1 amide bonds. The monoisotopic (exact) mass is 279 g/mol. The average molecular weight is 280 g/mol. The van der Waals surface area contributed by atoms with Gasteiger partial charge in [0.15, 0.2) is 0 Å². The predicted molar refractivity (Wildman–Crippen MR) is 69.5 cm³/mol. The van der Waals surface area contributed by atoms with Crippen LogP contribution in [-0.2, 0) is 0 Å². The molecule has 0 aliphatic carbocycles. The van der Waals surface area contributed by atoms with Gasteiger partial charge in [-0.15, -0.1) is 0 Å². The van der Waals surface area contributed by atoms with E-state index in [1.807, 2.05) is 0 Å². The molecular formula is C12H10ClN3O3. The summed E-state index contributed by atoms with van der Waals surface area (Å²) in [6, 6.07) is 5.20. The molecule has 0 spiro atoms. The summed E-state index contributed by atoms with van der Waals surface area (Å²) in [6.07, 6.45) is 0. The molecule has 1 aromatic carbocycles. The number of aromatic nitrogens is 2. The third-order valence-corrected chi connectivity index (χ3v) is 2.47. The maximum absolute atomic E-state index is 11.9. The van der Waals surface area contributed by atoms with Crippen LogP contribution >= 0.6 is 11.6 Å². The van der Waals surface area contributed by atoms with E-state index < -0.39 is 5.91 Å². The molecule has 0 aliphatic heterocycles. The quantitative estimate of drug-likeness (QED) is 0.732. The highest BCUT2D eigenvalue weighted by atomic mass is 35.5. The van der Waals surface area contributed by atoms with E-state index in [-0.39, 0.29) is 28.2 Å². The fourth-order valence-electron chi connectivity index (χ4n) is 1.47. The molecule has 0 fully saturated rings. The number of hydrogen-bond acceptors (Lipinski definition) is 5. The predicted octanol–water partition coefficient (Wildman–Crippen LogP) is 2.10. The van der Waals surface area contributed by atoms with Crippen molar-refractivity contribution in [1.29, 1.82) is 0 Å². The Bertz CT molecular complexity index is 626.